The maximum absolute atomic E-state index is 12.6. The van der Waals surface area contributed by atoms with E-state index in [2.05, 4.69) is 15.2 Å². The van der Waals surface area contributed by atoms with Crippen LogP contribution in [0.1, 0.15) is 28.1 Å². The zero-order valence-electron chi connectivity index (χ0n) is 12.9. The average molecular weight is 293 g/mol. The van der Waals surface area contributed by atoms with Crippen molar-refractivity contribution >= 4 is 11.0 Å². The fraction of sp³-hybridized carbons (Fsp3) is 0.250. The van der Waals surface area contributed by atoms with Crippen LogP contribution in [0.15, 0.2) is 16.9 Å². The summed E-state index contributed by atoms with van der Waals surface area (Å²) in [6.45, 7) is 7.45. The van der Waals surface area contributed by atoms with E-state index in [4.69, 9.17) is 0 Å². The highest BCUT2D eigenvalue weighted by molar-refractivity contribution is 5.86. The molecule has 22 heavy (non-hydrogen) atoms. The second-order valence-electron chi connectivity index (χ2n) is 5.45. The number of nitrogens with zero attached hydrogens (tertiary/aromatic N) is 4. The molecule has 1 N–H and O–H groups in total. The number of nitrogens with one attached hydrogen (secondary N) is 1. The Morgan fingerprint density at radius 2 is 1.91 bits per heavy atom. The lowest BCUT2D eigenvalue weighted by molar-refractivity contribution is 0.876. The number of aromatic amines is 1. The molecule has 110 valence electrons. The molecule has 0 aromatic carbocycles. The lowest BCUT2D eigenvalue weighted by Crippen LogP contribution is -2.24. The highest BCUT2D eigenvalue weighted by Crippen LogP contribution is 2.23. The maximum Gasteiger partial charge on any atom is 0.274 e. The molecule has 6 nitrogen and oxygen atoms in total. The lowest BCUT2D eigenvalue weighted by Gasteiger charge is -2.10. The van der Waals surface area contributed by atoms with Crippen LogP contribution in [-0.4, -0.2) is 19.7 Å². The molecule has 0 atom stereocenters. The van der Waals surface area contributed by atoms with E-state index < -0.39 is 0 Å². The zero-order valence-corrected chi connectivity index (χ0v) is 12.9. The Bertz CT molecular complexity index is 1000. The largest absolute Gasteiger partial charge is 0.274 e. The number of H-pyrrole nitrogens is 1. The fourth-order valence-corrected chi connectivity index (χ4v) is 2.81. The number of hydrogen-bond donors (Lipinski definition) is 1. The Morgan fingerprint density at radius 3 is 2.59 bits per heavy atom. The van der Waals surface area contributed by atoms with Gasteiger partial charge in [-0.15, -0.1) is 0 Å². The number of aryl methyl sites for hydroxylation is 4. The van der Waals surface area contributed by atoms with E-state index in [1.54, 1.807) is 6.92 Å². The summed E-state index contributed by atoms with van der Waals surface area (Å²) in [5.41, 5.74) is 3.69. The molecule has 0 aliphatic rings. The van der Waals surface area contributed by atoms with Gasteiger partial charge in [-0.1, -0.05) is 0 Å². The molecule has 0 saturated carbocycles. The molecule has 0 fully saturated rings. The molecule has 3 heterocycles. The van der Waals surface area contributed by atoms with E-state index in [-0.39, 0.29) is 11.1 Å². The first-order chi connectivity index (χ1) is 10.4. The first-order valence-electron chi connectivity index (χ1n) is 6.90. The van der Waals surface area contributed by atoms with Gasteiger partial charge in [0.25, 0.3) is 5.56 Å². The molecule has 3 aromatic rings. The summed E-state index contributed by atoms with van der Waals surface area (Å²) < 4.78 is 1.47. The van der Waals surface area contributed by atoms with Crippen LogP contribution in [0.3, 0.4) is 0 Å². The number of pyridine rings is 2. The van der Waals surface area contributed by atoms with E-state index in [0.717, 1.165) is 22.3 Å². The van der Waals surface area contributed by atoms with Crippen molar-refractivity contribution in [3.63, 3.8) is 0 Å². The van der Waals surface area contributed by atoms with Crippen molar-refractivity contribution in [3.05, 3.63) is 50.6 Å². The van der Waals surface area contributed by atoms with Crippen molar-refractivity contribution in [2.24, 2.45) is 0 Å². The highest BCUT2D eigenvalue weighted by Gasteiger charge is 2.17. The molecule has 0 radical (unpaired) electrons. The molecule has 3 rings (SSSR count). The summed E-state index contributed by atoms with van der Waals surface area (Å²) >= 11 is 0. The van der Waals surface area contributed by atoms with Gasteiger partial charge in [0.15, 0.2) is 11.5 Å². The van der Waals surface area contributed by atoms with Gasteiger partial charge in [0.1, 0.15) is 11.6 Å². The van der Waals surface area contributed by atoms with Gasteiger partial charge in [0.2, 0.25) is 0 Å². The normalized spacial score (nSPS) is 10.9. The van der Waals surface area contributed by atoms with Gasteiger partial charge in [-0.25, -0.2) is 4.98 Å². The molecule has 0 aliphatic carbocycles. The number of nitriles is 1. The van der Waals surface area contributed by atoms with Gasteiger partial charge in [0, 0.05) is 11.4 Å². The van der Waals surface area contributed by atoms with Crippen LogP contribution in [0.5, 0.6) is 0 Å². The Hall–Kier alpha value is -2.94. The molecule has 0 saturated heterocycles. The van der Waals surface area contributed by atoms with Crippen molar-refractivity contribution in [2.45, 2.75) is 27.7 Å². The number of fused-ring (bicyclic) bond motifs is 1. The molecular weight excluding hydrogens is 278 g/mol. The smallest absolute Gasteiger partial charge is 0.267 e. The van der Waals surface area contributed by atoms with Crippen LogP contribution in [0, 0.1) is 39.0 Å². The third-order valence-corrected chi connectivity index (χ3v) is 3.75. The predicted octanol–water partition coefficient (Wildman–Crippen LogP) is 2.21. The van der Waals surface area contributed by atoms with Crippen LogP contribution < -0.4 is 5.56 Å². The van der Waals surface area contributed by atoms with Crippen LogP contribution >= 0.6 is 0 Å². The quantitative estimate of drug-likeness (QED) is 0.745. The number of aromatic nitrogens is 4. The van der Waals surface area contributed by atoms with Gasteiger partial charge >= 0.3 is 0 Å². The summed E-state index contributed by atoms with van der Waals surface area (Å²) in [7, 11) is 0. The monoisotopic (exact) mass is 293 g/mol. The summed E-state index contributed by atoms with van der Waals surface area (Å²) in [6.07, 6.45) is 0. The third-order valence-electron chi connectivity index (χ3n) is 3.75. The molecular formula is C16H15N5O. The number of hydrogen-bond acceptors (Lipinski definition) is 4. The molecule has 0 amide bonds. The maximum atomic E-state index is 12.6. The van der Waals surface area contributed by atoms with Gasteiger partial charge in [0.05, 0.1) is 5.39 Å². The van der Waals surface area contributed by atoms with Gasteiger partial charge in [-0.05, 0) is 51.0 Å². The van der Waals surface area contributed by atoms with Gasteiger partial charge in [-0.2, -0.15) is 10.4 Å². The summed E-state index contributed by atoms with van der Waals surface area (Å²) in [4.78, 5) is 17.0. The van der Waals surface area contributed by atoms with Gasteiger partial charge < -0.3 is 0 Å². The van der Waals surface area contributed by atoms with Crippen molar-refractivity contribution in [1.82, 2.24) is 19.7 Å². The van der Waals surface area contributed by atoms with E-state index in [9.17, 15) is 10.1 Å². The van der Waals surface area contributed by atoms with E-state index in [1.165, 1.54) is 4.57 Å². The zero-order chi connectivity index (χ0) is 16.0. The highest BCUT2D eigenvalue weighted by atomic mass is 16.1. The van der Waals surface area contributed by atoms with E-state index in [1.807, 2.05) is 39.0 Å². The fourth-order valence-electron chi connectivity index (χ4n) is 2.81. The van der Waals surface area contributed by atoms with Crippen LogP contribution in [0.25, 0.3) is 16.9 Å². The van der Waals surface area contributed by atoms with E-state index >= 15 is 0 Å². The third kappa shape index (κ3) is 1.91. The van der Waals surface area contributed by atoms with Crippen molar-refractivity contribution in [1.29, 1.82) is 5.26 Å². The molecule has 0 spiro atoms. The van der Waals surface area contributed by atoms with Gasteiger partial charge in [-0.3, -0.25) is 14.5 Å². The van der Waals surface area contributed by atoms with Crippen molar-refractivity contribution < 1.29 is 0 Å². The minimum absolute atomic E-state index is 0.138. The molecule has 0 unspecified atom stereocenters. The molecule has 6 heteroatoms. The predicted molar refractivity (Wildman–Crippen MR) is 83.1 cm³/mol. The molecule has 0 aliphatic heterocycles. The average Bonchev–Trinajstić information content (AvgIpc) is 2.82. The minimum atomic E-state index is -0.353. The van der Waals surface area contributed by atoms with Crippen LogP contribution in [0.4, 0.5) is 0 Å². The minimum Gasteiger partial charge on any atom is -0.267 e. The second-order valence-corrected chi connectivity index (χ2v) is 5.45. The first kappa shape index (κ1) is 14.0. The van der Waals surface area contributed by atoms with Crippen molar-refractivity contribution in [2.75, 3.05) is 0 Å². The Balaban J connectivity index is 2.44. The number of rotatable bonds is 1. The van der Waals surface area contributed by atoms with Crippen molar-refractivity contribution in [3.8, 4) is 11.9 Å². The SMILES string of the molecule is Cc1cc(C)c2c(-n3c(C)cc(C)c(C#N)c3=O)n[nH]c2n1. The molecule has 0 bridgehead atoms. The van der Waals surface area contributed by atoms with E-state index in [0.29, 0.717) is 17.0 Å². The Labute approximate surface area is 127 Å². The topological polar surface area (TPSA) is 87.4 Å². The van der Waals surface area contributed by atoms with Crippen LogP contribution in [0.2, 0.25) is 0 Å². The lowest BCUT2D eigenvalue weighted by atomic mass is 10.1. The molecule has 3 aromatic heterocycles. The Kier molecular flexibility index (Phi) is 3.06. The second kappa shape index (κ2) is 4.81. The van der Waals surface area contributed by atoms with Crippen LogP contribution in [-0.2, 0) is 0 Å². The summed E-state index contributed by atoms with van der Waals surface area (Å²) in [5, 5.41) is 17.1. The summed E-state index contributed by atoms with van der Waals surface area (Å²) in [5.74, 6) is 0.485. The summed E-state index contributed by atoms with van der Waals surface area (Å²) in [6, 6.07) is 5.74. The Morgan fingerprint density at radius 1 is 1.18 bits per heavy atom. The standard InChI is InChI=1S/C16H15N5O/c1-8-6-11(4)21(16(22)12(8)7-17)15-13-9(2)5-10(3)18-14(13)19-20-15/h5-6H,1-4H3,(H,18,19,20). The first-order valence-corrected chi connectivity index (χ1v) is 6.90.